The molecule has 0 aromatic carbocycles. The lowest BCUT2D eigenvalue weighted by molar-refractivity contribution is 0.0678. The van der Waals surface area contributed by atoms with E-state index in [4.69, 9.17) is 10.5 Å². The minimum atomic E-state index is -0.0481. The van der Waals surface area contributed by atoms with E-state index in [1.807, 2.05) is 0 Å². The number of carbonyl (C=O) groups is 1. The number of nitrogens with two attached hydrogens (primary N) is 1. The maximum absolute atomic E-state index is 12.5. The Morgan fingerprint density at radius 2 is 2.38 bits per heavy atom. The number of rotatable bonds is 6. The molecule has 0 radical (unpaired) electrons. The monoisotopic (exact) mass is 318 g/mol. The van der Waals surface area contributed by atoms with Crippen LogP contribution in [0.25, 0.3) is 0 Å². The van der Waals surface area contributed by atoms with Crippen LogP contribution in [-0.2, 0) is 17.7 Å². The molecule has 21 heavy (non-hydrogen) atoms. The van der Waals surface area contributed by atoms with Crippen LogP contribution >= 0.6 is 12.4 Å². The van der Waals surface area contributed by atoms with Gasteiger partial charge in [0.25, 0.3) is 5.91 Å². The third kappa shape index (κ3) is 4.03. The van der Waals surface area contributed by atoms with Gasteiger partial charge in [-0.25, -0.2) is 4.39 Å². The van der Waals surface area contributed by atoms with Gasteiger partial charge in [-0.1, -0.05) is 0 Å². The van der Waals surface area contributed by atoms with Crippen LogP contribution in [0.5, 0.6) is 0 Å². The minimum absolute atomic E-state index is 0. The van der Waals surface area contributed by atoms with Crippen LogP contribution in [0, 0.1) is 0 Å². The summed E-state index contributed by atoms with van der Waals surface area (Å²) < 4.78 is 19.1. The van der Waals surface area contributed by atoms with Crippen molar-refractivity contribution in [3.05, 3.63) is 29.4 Å². The molecule has 2 rings (SSSR count). The molecule has 8 heteroatoms. The van der Waals surface area contributed by atoms with Gasteiger partial charge >= 0.3 is 0 Å². The molecule has 1 aliphatic rings. The number of halogens is 2. The van der Waals surface area contributed by atoms with Crippen molar-refractivity contribution in [3.63, 3.8) is 0 Å². The third-order valence-corrected chi connectivity index (χ3v) is 3.32. The van der Waals surface area contributed by atoms with E-state index in [1.165, 1.54) is 0 Å². The molecule has 0 bridgehead atoms. The molecule has 1 amide bonds. The van der Waals surface area contributed by atoms with Gasteiger partial charge in [0.2, 0.25) is 0 Å². The molecule has 6 nitrogen and oxygen atoms in total. The molecule has 1 aliphatic heterocycles. The van der Waals surface area contributed by atoms with Crippen molar-refractivity contribution in [1.29, 1.82) is 0 Å². The summed E-state index contributed by atoms with van der Waals surface area (Å²) >= 11 is 0. The first kappa shape index (κ1) is 17.6. The van der Waals surface area contributed by atoms with Crippen molar-refractivity contribution in [2.75, 3.05) is 33.4 Å². The van der Waals surface area contributed by atoms with Crippen LogP contribution in [0.2, 0.25) is 0 Å². The number of hydrogen-bond donors (Lipinski definition) is 1. The molecule has 118 valence electrons. The van der Waals surface area contributed by atoms with Crippen molar-refractivity contribution in [3.8, 4) is 0 Å². The zero-order valence-corrected chi connectivity index (χ0v) is 12.7. The first-order valence-electron chi connectivity index (χ1n) is 6.52. The zero-order chi connectivity index (χ0) is 14.5. The van der Waals surface area contributed by atoms with Gasteiger partial charge < -0.3 is 15.4 Å². The Kier molecular flexibility index (Phi) is 6.80. The largest absolute Gasteiger partial charge is 0.383 e. The molecule has 0 fully saturated rings. The summed E-state index contributed by atoms with van der Waals surface area (Å²) in [6.45, 7) is 2.12. The topological polar surface area (TPSA) is 73.4 Å². The standard InChI is InChI=1S/C13H19FN4O2.ClH/c1-20-5-4-17-3-2-12-11(13(17)19)9-18(16-12)8-10(6-14)7-15;/h6,9H,2-5,7-8,15H2,1H3;1H/b10-6+;. The number of fused-ring (bicyclic) bond motifs is 1. The highest BCUT2D eigenvalue weighted by Gasteiger charge is 2.27. The number of hydrogen-bond acceptors (Lipinski definition) is 4. The molecule has 0 unspecified atom stereocenters. The zero-order valence-electron chi connectivity index (χ0n) is 11.9. The number of aromatic nitrogens is 2. The lowest BCUT2D eigenvalue weighted by Crippen LogP contribution is -2.39. The van der Waals surface area contributed by atoms with Gasteiger partial charge in [-0.3, -0.25) is 9.48 Å². The molecule has 1 aromatic heterocycles. The highest BCUT2D eigenvalue weighted by atomic mass is 35.5. The van der Waals surface area contributed by atoms with E-state index in [0.29, 0.717) is 43.6 Å². The van der Waals surface area contributed by atoms with Crippen molar-refractivity contribution < 1.29 is 13.9 Å². The first-order valence-corrected chi connectivity index (χ1v) is 6.52. The Morgan fingerprint density at radius 3 is 3.00 bits per heavy atom. The average Bonchev–Trinajstić information content (AvgIpc) is 2.87. The van der Waals surface area contributed by atoms with Crippen molar-refractivity contribution in [1.82, 2.24) is 14.7 Å². The van der Waals surface area contributed by atoms with E-state index in [2.05, 4.69) is 5.10 Å². The quantitative estimate of drug-likeness (QED) is 0.840. The Morgan fingerprint density at radius 1 is 1.62 bits per heavy atom. The second-order valence-corrected chi connectivity index (χ2v) is 4.69. The fourth-order valence-corrected chi connectivity index (χ4v) is 2.18. The number of ether oxygens (including phenoxy) is 1. The SMILES string of the molecule is COCCN1CCc2nn(C/C(=C/F)CN)cc2C1=O.Cl. The molecule has 0 aliphatic carbocycles. The third-order valence-electron chi connectivity index (χ3n) is 3.32. The second-order valence-electron chi connectivity index (χ2n) is 4.69. The summed E-state index contributed by atoms with van der Waals surface area (Å²) in [5, 5.41) is 4.33. The van der Waals surface area contributed by atoms with E-state index in [0.717, 1.165) is 5.69 Å². The van der Waals surface area contributed by atoms with Crippen LogP contribution < -0.4 is 5.73 Å². The maximum atomic E-state index is 12.5. The highest BCUT2D eigenvalue weighted by Crippen LogP contribution is 2.18. The smallest absolute Gasteiger partial charge is 0.257 e. The van der Waals surface area contributed by atoms with Gasteiger partial charge in [-0.15, -0.1) is 12.4 Å². The van der Waals surface area contributed by atoms with Gasteiger partial charge in [0.1, 0.15) is 0 Å². The molecule has 0 saturated heterocycles. The van der Waals surface area contributed by atoms with Crippen molar-refractivity contribution in [2.45, 2.75) is 13.0 Å². The van der Waals surface area contributed by atoms with Crippen molar-refractivity contribution >= 4 is 18.3 Å². The molecule has 1 aromatic rings. The van der Waals surface area contributed by atoms with Crippen LogP contribution in [0.4, 0.5) is 4.39 Å². The van der Waals surface area contributed by atoms with E-state index in [1.54, 1.807) is 22.9 Å². The van der Waals surface area contributed by atoms with Gasteiger partial charge in [0.15, 0.2) is 0 Å². The van der Waals surface area contributed by atoms with E-state index >= 15 is 0 Å². The lowest BCUT2D eigenvalue weighted by atomic mass is 10.1. The molecule has 2 N–H and O–H groups in total. The Bertz CT molecular complexity index is 518. The molecule has 0 spiro atoms. The number of amides is 1. The van der Waals surface area contributed by atoms with Crippen LogP contribution in [-0.4, -0.2) is 53.9 Å². The maximum Gasteiger partial charge on any atom is 0.257 e. The number of nitrogens with zero attached hydrogens (tertiary/aromatic N) is 3. The minimum Gasteiger partial charge on any atom is -0.383 e. The summed E-state index contributed by atoms with van der Waals surface area (Å²) in [6.07, 6.45) is 2.86. The van der Waals surface area contributed by atoms with Crippen molar-refractivity contribution in [2.24, 2.45) is 5.73 Å². The predicted octanol–water partition coefficient (Wildman–Crippen LogP) is 0.762. The summed E-state index contributed by atoms with van der Waals surface area (Å²) in [5.41, 5.74) is 7.21. The fraction of sp³-hybridized carbons (Fsp3) is 0.538. The van der Waals surface area contributed by atoms with Gasteiger partial charge in [0.05, 0.1) is 30.7 Å². The highest BCUT2D eigenvalue weighted by molar-refractivity contribution is 5.96. The van der Waals surface area contributed by atoms with E-state index < -0.39 is 0 Å². The summed E-state index contributed by atoms with van der Waals surface area (Å²) in [7, 11) is 1.61. The van der Waals surface area contributed by atoms with E-state index in [-0.39, 0.29) is 31.4 Å². The van der Waals surface area contributed by atoms with E-state index in [9.17, 15) is 9.18 Å². The summed E-state index contributed by atoms with van der Waals surface area (Å²) in [5.74, 6) is -0.0481. The van der Waals surface area contributed by atoms with Crippen LogP contribution in [0.3, 0.4) is 0 Å². The fourth-order valence-electron chi connectivity index (χ4n) is 2.18. The summed E-state index contributed by atoms with van der Waals surface area (Å²) in [4.78, 5) is 14.0. The van der Waals surface area contributed by atoms with Gasteiger partial charge in [0, 0.05) is 39.4 Å². The molecule has 0 atom stereocenters. The normalized spacial score (nSPS) is 14.9. The first-order chi connectivity index (χ1) is 9.69. The number of carbonyl (C=O) groups excluding carboxylic acids is 1. The number of methoxy groups -OCH3 is 1. The molecular formula is C13H20ClFN4O2. The Hall–Kier alpha value is -1.44. The molecular weight excluding hydrogens is 299 g/mol. The Balaban J connectivity index is 0.00000220. The van der Waals surface area contributed by atoms with Crippen LogP contribution in [0.1, 0.15) is 16.1 Å². The van der Waals surface area contributed by atoms with Gasteiger partial charge in [-0.2, -0.15) is 5.10 Å². The second kappa shape index (κ2) is 8.11. The lowest BCUT2D eigenvalue weighted by Gasteiger charge is -2.25. The average molecular weight is 319 g/mol. The summed E-state index contributed by atoms with van der Waals surface area (Å²) in [6, 6.07) is 0. The molecule has 0 saturated carbocycles. The predicted molar refractivity (Wildman–Crippen MR) is 79.2 cm³/mol. The Labute approximate surface area is 129 Å². The molecule has 2 heterocycles. The van der Waals surface area contributed by atoms with Crippen LogP contribution in [0.15, 0.2) is 18.1 Å². The van der Waals surface area contributed by atoms with Gasteiger partial charge in [-0.05, 0) is 5.57 Å².